The molecule has 3 heteroatoms. The van der Waals surface area contributed by atoms with Gasteiger partial charge in [-0.15, -0.1) is 0 Å². The van der Waals surface area contributed by atoms with Crippen molar-refractivity contribution in [2.24, 2.45) is 5.92 Å². The van der Waals surface area contributed by atoms with Gasteiger partial charge in [0.25, 0.3) is 0 Å². The summed E-state index contributed by atoms with van der Waals surface area (Å²) in [6.45, 7) is 5.26. The number of hydrogen-bond donors (Lipinski definition) is 1. The molecule has 0 aromatic rings. The molecule has 1 aliphatic carbocycles. The number of hydrogen-bond acceptors (Lipinski definition) is 3. The molecule has 1 N–H and O–H groups in total. The van der Waals surface area contributed by atoms with Gasteiger partial charge in [0.1, 0.15) is 0 Å². The zero-order valence-corrected chi connectivity index (χ0v) is 9.87. The summed E-state index contributed by atoms with van der Waals surface area (Å²) in [5.41, 5.74) is 0. The lowest BCUT2D eigenvalue weighted by molar-refractivity contribution is -0.0181. The monoisotopic (exact) mass is 212 g/mol. The van der Waals surface area contributed by atoms with Gasteiger partial charge in [0, 0.05) is 19.6 Å². The average Bonchev–Trinajstić information content (AvgIpc) is 2.15. The Bertz CT molecular complexity index is 182. The minimum atomic E-state index is 0.408. The highest BCUT2D eigenvalue weighted by Crippen LogP contribution is 2.28. The van der Waals surface area contributed by atoms with Crippen molar-refractivity contribution in [2.75, 3.05) is 39.8 Å². The summed E-state index contributed by atoms with van der Waals surface area (Å²) in [5, 5.41) is 3.52. The maximum atomic E-state index is 5.69. The van der Waals surface area contributed by atoms with E-state index in [1.807, 2.05) is 0 Å². The summed E-state index contributed by atoms with van der Waals surface area (Å²) in [4.78, 5) is 2.35. The van der Waals surface area contributed by atoms with Crippen LogP contribution in [0, 0.1) is 5.92 Å². The normalized spacial score (nSPS) is 29.0. The second kappa shape index (κ2) is 5.83. The SMILES string of the molecule is CN1CCOC(CNCCC2CCC2)C1. The first-order valence-corrected chi connectivity index (χ1v) is 6.35. The van der Waals surface area contributed by atoms with Gasteiger partial charge in [0.05, 0.1) is 12.7 Å². The third kappa shape index (κ3) is 3.74. The van der Waals surface area contributed by atoms with Crippen molar-refractivity contribution in [3.8, 4) is 0 Å². The minimum Gasteiger partial charge on any atom is -0.374 e. The van der Waals surface area contributed by atoms with Crippen molar-refractivity contribution in [1.82, 2.24) is 10.2 Å². The molecule has 0 bridgehead atoms. The fourth-order valence-electron chi connectivity index (χ4n) is 2.34. The quantitative estimate of drug-likeness (QED) is 0.691. The van der Waals surface area contributed by atoms with E-state index in [0.29, 0.717) is 6.10 Å². The number of rotatable bonds is 5. The molecule has 1 saturated heterocycles. The van der Waals surface area contributed by atoms with Crippen LogP contribution in [0.5, 0.6) is 0 Å². The molecule has 0 spiro atoms. The number of nitrogens with one attached hydrogen (secondary N) is 1. The molecule has 88 valence electrons. The molecular weight excluding hydrogens is 188 g/mol. The third-order valence-corrected chi connectivity index (χ3v) is 3.67. The molecule has 2 rings (SSSR count). The first kappa shape index (κ1) is 11.4. The lowest BCUT2D eigenvalue weighted by Crippen LogP contribution is -2.45. The molecule has 2 aliphatic rings. The largest absolute Gasteiger partial charge is 0.374 e. The standard InChI is InChI=1S/C12H24N2O/c1-14-7-8-15-12(10-14)9-13-6-5-11-3-2-4-11/h11-13H,2-10H2,1H3. The fourth-order valence-corrected chi connectivity index (χ4v) is 2.34. The molecule has 15 heavy (non-hydrogen) atoms. The molecule has 0 radical (unpaired) electrons. The summed E-state index contributed by atoms with van der Waals surface area (Å²) in [7, 11) is 2.17. The molecule has 1 heterocycles. The van der Waals surface area contributed by atoms with Crippen molar-refractivity contribution in [2.45, 2.75) is 31.8 Å². The molecule has 1 atom stereocenters. The number of ether oxygens (including phenoxy) is 1. The van der Waals surface area contributed by atoms with Crippen LogP contribution in [-0.4, -0.2) is 50.8 Å². The highest BCUT2D eigenvalue weighted by Gasteiger charge is 2.18. The molecule has 0 amide bonds. The van der Waals surface area contributed by atoms with Crippen molar-refractivity contribution in [3.05, 3.63) is 0 Å². The van der Waals surface area contributed by atoms with Gasteiger partial charge < -0.3 is 15.0 Å². The third-order valence-electron chi connectivity index (χ3n) is 3.67. The Hall–Kier alpha value is -0.120. The Morgan fingerprint density at radius 2 is 2.27 bits per heavy atom. The Morgan fingerprint density at radius 3 is 2.93 bits per heavy atom. The predicted octanol–water partition coefficient (Wildman–Crippen LogP) is 1.10. The maximum Gasteiger partial charge on any atom is 0.0826 e. The van der Waals surface area contributed by atoms with Gasteiger partial charge >= 0.3 is 0 Å². The maximum absolute atomic E-state index is 5.69. The highest BCUT2D eigenvalue weighted by atomic mass is 16.5. The molecule has 0 aromatic carbocycles. The lowest BCUT2D eigenvalue weighted by atomic mass is 9.83. The van der Waals surface area contributed by atoms with Crippen LogP contribution in [0.15, 0.2) is 0 Å². The van der Waals surface area contributed by atoms with Gasteiger partial charge in [0.2, 0.25) is 0 Å². The van der Waals surface area contributed by atoms with Crippen LogP contribution >= 0.6 is 0 Å². The Kier molecular flexibility index (Phi) is 4.42. The van der Waals surface area contributed by atoms with Gasteiger partial charge in [-0.2, -0.15) is 0 Å². The van der Waals surface area contributed by atoms with Crippen molar-refractivity contribution in [1.29, 1.82) is 0 Å². The molecule has 3 nitrogen and oxygen atoms in total. The van der Waals surface area contributed by atoms with Crippen LogP contribution in [0.25, 0.3) is 0 Å². The summed E-state index contributed by atoms with van der Waals surface area (Å²) in [6.07, 6.45) is 6.16. The van der Waals surface area contributed by atoms with Crippen LogP contribution < -0.4 is 5.32 Å². The first-order chi connectivity index (χ1) is 7.34. The summed E-state index contributed by atoms with van der Waals surface area (Å²) >= 11 is 0. The van der Waals surface area contributed by atoms with Crippen molar-refractivity contribution in [3.63, 3.8) is 0 Å². The second-order valence-electron chi connectivity index (χ2n) is 5.04. The lowest BCUT2D eigenvalue weighted by Gasteiger charge is -2.30. The topological polar surface area (TPSA) is 24.5 Å². The van der Waals surface area contributed by atoms with Crippen LogP contribution in [0.4, 0.5) is 0 Å². The van der Waals surface area contributed by atoms with Gasteiger partial charge in [0.15, 0.2) is 0 Å². The van der Waals surface area contributed by atoms with E-state index < -0.39 is 0 Å². The van der Waals surface area contributed by atoms with Gasteiger partial charge in [-0.05, 0) is 25.9 Å². The van der Waals surface area contributed by atoms with Gasteiger partial charge in [-0.1, -0.05) is 19.3 Å². The van der Waals surface area contributed by atoms with Crippen molar-refractivity contribution < 1.29 is 4.74 Å². The van der Waals surface area contributed by atoms with Gasteiger partial charge in [-0.3, -0.25) is 0 Å². The zero-order chi connectivity index (χ0) is 10.5. The van der Waals surface area contributed by atoms with Crippen LogP contribution in [0.2, 0.25) is 0 Å². The van der Waals surface area contributed by atoms with E-state index in [2.05, 4.69) is 17.3 Å². The number of likely N-dealkylation sites (N-methyl/N-ethyl adjacent to an activating group) is 1. The van der Waals surface area contributed by atoms with Crippen LogP contribution in [0.1, 0.15) is 25.7 Å². The summed E-state index contributed by atoms with van der Waals surface area (Å²) in [5.74, 6) is 1.02. The molecule has 0 aromatic heterocycles. The summed E-state index contributed by atoms with van der Waals surface area (Å²) < 4.78 is 5.69. The van der Waals surface area contributed by atoms with E-state index in [1.54, 1.807) is 0 Å². The second-order valence-corrected chi connectivity index (χ2v) is 5.04. The summed E-state index contributed by atoms with van der Waals surface area (Å²) in [6, 6.07) is 0. The predicted molar refractivity (Wildman–Crippen MR) is 62.1 cm³/mol. The van der Waals surface area contributed by atoms with Gasteiger partial charge in [-0.25, -0.2) is 0 Å². The molecule has 1 aliphatic heterocycles. The van der Waals surface area contributed by atoms with E-state index in [0.717, 1.165) is 32.2 Å². The van der Waals surface area contributed by atoms with E-state index in [9.17, 15) is 0 Å². The Balaban J connectivity index is 1.49. The fraction of sp³-hybridized carbons (Fsp3) is 1.00. The zero-order valence-electron chi connectivity index (χ0n) is 9.87. The van der Waals surface area contributed by atoms with E-state index >= 15 is 0 Å². The average molecular weight is 212 g/mol. The highest BCUT2D eigenvalue weighted by molar-refractivity contribution is 4.73. The van der Waals surface area contributed by atoms with E-state index in [1.165, 1.54) is 32.2 Å². The smallest absolute Gasteiger partial charge is 0.0826 e. The Labute approximate surface area is 93.2 Å². The molecule has 2 fully saturated rings. The molecular formula is C12H24N2O. The molecule has 1 saturated carbocycles. The molecule has 1 unspecified atom stereocenters. The van der Waals surface area contributed by atoms with E-state index in [-0.39, 0.29) is 0 Å². The van der Waals surface area contributed by atoms with E-state index in [4.69, 9.17) is 4.74 Å². The van der Waals surface area contributed by atoms with Crippen molar-refractivity contribution >= 4 is 0 Å². The first-order valence-electron chi connectivity index (χ1n) is 6.35. The Morgan fingerprint density at radius 1 is 1.40 bits per heavy atom. The van der Waals surface area contributed by atoms with Crippen LogP contribution in [0.3, 0.4) is 0 Å². The van der Waals surface area contributed by atoms with Crippen LogP contribution in [-0.2, 0) is 4.74 Å². The number of morpholine rings is 1. The number of nitrogens with zero attached hydrogens (tertiary/aromatic N) is 1. The minimum absolute atomic E-state index is 0.408.